The zero-order chi connectivity index (χ0) is 25.8. The van der Waals surface area contributed by atoms with Crippen LogP contribution >= 0.6 is 11.3 Å². The summed E-state index contributed by atoms with van der Waals surface area (Å²) in [5.74, 6) is -5.37. The number of carboxylic acids is 1. The maximum Gasteiger partial charge on any atom is 0.306 e. The molecule has 1 aromatic heterocycles. The predicted octanol–water partition coefficient (Wildman–Crippen LogP) is 4.50. The van der Waals surface area contributed by atoms with Crippen LogP contribution in [-0.4, -0.2) is 42.1 Å². The van der Waals surface area contributed by atoms with Gasteiger partial charge in [0, 0.05) is 29.9 Å². The minimum atomic E-state index is -1.09. The summed E-state index contributed by atoms with van der Waals surface area (Å²) in [7, 11) is 0. The lowest BCUT2D eigenvalue weighted by Crippen LogP contribution is -2.35. The number of fused-ring (bicyclic) bond motifs is 1. The standard InChI is InChI=1S/C25H23F3N2O5S/c26-15-3-6-20-14(9-15)10-21(36-20)23(31)29-7-8-30-24(32)22-18(27)11-17(12-19(22)28)35-16-4-1-13(2-5-16)25(33)34/h3,6,9-13,16H,1-2,4-5,7-8H2,(H,29,31)(H,30,32)(H,33,34). The van der Waals surface area contributed by atoms with Crippen LogP contribution in [0, 0.1) is 23.4 Å². The van der Waals surface area contributed by atoms with Crippen molar-refractivity contribution in [2.24, 2.45) is 5.92 Å². The van der Waals surface area contributed by atoms with Crippen LogP contribution in [-0.2, 0) is 4.79 Å². The van der Waals surface area contributed by atoms with Gasteiger partial charge < -0.3 is 20.5 Å². The van der Waals surface area contributed by atoms with E-state index in [1.54, 1.807) is 12.1 Å². The second kappa shape index (κ2) is 11.0. The quantitative estimate of drug-likeness (QED) is 0.380. The molecule has 3 N–H and O–H groups in total. The molecule has 36 heavy (non-hydrogen) atoms. The first-order valence-corrected chi connectivity index (χ1v) is 12.2. The first-order valence-electron chi connectivity index (χ1n) is 11.3. The zero-order valence-electron chi connectivity index (χ0n) is 19.0. The number of amides is 2. The van der Waals surface area contributed by atoms with Gasteiger partial charge in [-0.25, -0.2) is 13.2 Å². The van der Waals surface area contributed by atoms with Gasteiger partial charge in [0.25, 0.3) is 11.8 Å². The summed E-state index contributed by atoms with van der Waals surface area (Å²) in [5.41, 5.74) is -0.769. The number of halogens is 3. The summed E-state index contributed by atoms with van der Waals surface area (Å²) < 4.78 is 48.7. The minimum Gasteiger partial charge on any atom is -0.490 e. The molecule has 0 atom stereocenters. The Morgan fingerprint density at radius 2 is 1.56 bits per heavy atom. The van der Waals surface area contributed by atoms with E-state index in [0.717, 1.165) is 16.8 Å². The van der Waals surface area contributed by atoms with Crippen molar-refractivity contribution in [3.63, 3.8) is 0 Å². The molecule has 0 bridgehead atoms. The average Bonchev–Trinajstić information content (AvgIpc) is 3.25. The fourth-order valence-corrected chi connectivity index (χ4v) is 5.07. The highest BCUT2D eigenvalue weighted by atomic mass is 32.1. The highest BCUT2D eigenvalue weighted by Gasteiger charge is 2.28. The van der Waals surface area contributed by atoms with E-state index in [0.29, 0.717) is 35.9 Å². The number of carbonyl (C=O) groups is 3. The van der Waals surface area contributed by atoms with Crippen molar-refractivity contribution in [2.45, 2.75) is 31.8 Å². The smallest absolute Gasteiger partial charge is 0.306 e. The number of hydrogen-bond donors (Lipinski definition) is 3. The Balaban J connectivity index is 1.27. The van der Waals surface area contributed by atoms with Crippen molar-refractivity contribution in [3.05, 3.63) is 64.3 Å². The summed E-state index contributed by atoms with van der Waals surface area (Å²) in [4.78, 5) is 36.0. The van der Waals surface area contributed by atoms with Gasteiger partial charge in [-0.05, 0) is 55.3 Å². The van der Waals surface area contributed by atoms with Gasteiger partial charge in [0.05, 0.1) is 16.9 Å². The van der Waals surface area contributed by atoms with E-state index in [1.807, 2.05) is 0 Å². The highest BCUT2D eigenvalue weighted by Crippen LogP contribution is 2.29. The Kier molecular flexibility index (Phi) is 7.78. The van der Waals surface area contributed by atoms with Crippen LogP contribution < -0.4 is 15.4 Å². The number of ether oxygens (including phenoxy) is 1. The number of nitrogens with one attached hydrogen (secondary N) is 2. The molecule has 190 valence electrons. The molecule has 3 aromatic rings. The third kappa shape index (κ3) is 5.96. The van der Waals surface area contributed by atoms with Crippen LogP contribution in [0.15, 0.2) is 36.4 Å². The van der Waals surface area contributed by atoms with Gasteiger partial charge >= 0.3 is 5.97 Å². The number of benzene rings is 2. The fraction of sp³-hybridized carbons (Fsp3) is 0.320. The molecule has 7 nitrogen and oxygen atoms in total. The van der Waals surface area contributed by atoms with Crippen LogP contribution in [0.25, 0.3) is 10.1 Å². The van der Waals surface area contributed by atoms with Crippen molar-refractivity contribution < 1.29 is 37.4 Å². The Labute approximate surface area is 208 Å². The van der Waals surface area contributed by atoms with E-state index in [-0.39, 0.29) is 24.9 Å². The highest BCUT2D eigenvalue weighted by molar-refractivity contribution is 7.20. The van der Waals surface area contributed by atoms with E-state index < -0.39 is 46.7 Å². The number of carbonyl (C=O) groups excluding carboxylic acids is 2. The molecule has 0 saturated heterocycles. The Morgan fingerprint density at radius 1 is 0.917 bits per heavy atom. The molecule has 0 spiro atoms. The van der Waals surface area contributed by atoms with Crippen LogP contribution in [0.4, 0.5) is 13.2 Å². The Morgan fingerprint density at radius 3 is 2.19 bits per heavy atom. The van der Waals surface area contributed by atoms with E-state index in [2.05, 4.69) is 10.6 Å². The predicted molar refractivity (Wildman–Crippen MR) is 127 cm³/mol. The third-order valence-electron chi connectivity index (χ3n) is 5.97. The van der Waals surface area contributed by atoms with Crippen molar-refractivity contribution in [3.8, 4) is 5.75 Å². The third-order valence-corrected chi connectivity index (χ3v) is 7.08. The van der Waals surface area contributed by atoms with Gasteiger partial charge in [-0.2, -0.15) is 0 Å². The number of carboxylic acid groups (broad SMARTS) is 1. The van der Waals surface area contributed by atoms with Crippen molar-refractivity contribution in [1.82, 2.24) is 10.6 Å². The normalized spacial score (nSPS) is 17.5. The van der Waals surface area contributed by atoms with E-state index >= 15 is 0 Å². The lowest BCUT2D eigenvalue weighted by Gasteiger charge is -2.26. The largest absolute Gasteiger partial charge is 0.490 e. The summed E-state index contributed by atoms with van der Waals surface area (Å²) in [5, 5.41) is 14.6. The number of rotatable bonds is 8. The van der Waals surface area contributed by atoms with E-state index in [9.17, 15) is 27.6 Å². The minimum absolute atomic E-state index is 0.0105. The molecule has 0 unspecified atom stereocenters. The Bertz CT molecular complexity index is 1280. The summed E-state index contributed by atoms with van der Waals surface area (Å²) in [6.07, 6.45) is 1.38. The second-order valence-electron chi connectivity index (χ2n) is 8.50. The van der Waals surface area contributed by atoms with E-state index in [1.165, 1.54) is 23.5 Å². The molecule has 1 aliphatic carbocycles. The molecule has 1 saturated carbocycles. The molecule has 4 rings (SSSR count). The summed E-state index contributed by atoms with van der Waals surface area (Å²) in [6, 6.07) is 7.62. The summed E-state index contributed by atoms with van der Waals surface area (Å²) in [6.45, 7) is -0.0648. The maximum atomic E-state index is 14.5. The average molecular weight is 521 g/mol. The van der Waals surface area contributed by atoms with Gasteiger partial charge in [-0.3, -0.25) is 14.4 Å². The SMILES string of the molecule is O=C(NCCNC(=O)c1c(F)cc(OC2CCC(C(=O)O)CC2)cc1F)c1cc2cc(F)ccc2s1. The van der Waals surface area contributed by atoms with Crippen LogP contribution in [0.3, 0.4) is 0 Å². The van der Waals surface area contributed by atoms with Crippen LogP contribution in [0.2, 0.25) is 0 Å². The number of thiophene rings is 1. The molecule has 1 heterocycles. The number of hydrogen-bond acceptors (Lipinski definition) is 5. The van der Waals surface area contributed by atoms with Gasteiger partial charge in [0.2, 0.25) is 0 Å². The van der Waals surface area contributed by atoms with Gasteiger partial charge in [0.15, 0.2) is 0 Å². The van der Waals surface area contributed by atoms with Crippen molar-refractivity contribution in [2.75, 3.05) is 13.1 Å². The lowest BCUT2D eigenvalue weighted by molar-refractivity contribution is -0.143. The molecular formula is C25H23F3N2O5S. The fourth-order valence-electron chi connectivity index (χ4n) is 4.11. The molecule has 11 heteroatoms. The van der Waals surface area contributed by atoms with Crippen molar-refractivity contribution >= 4 is 39.2 Å². The van der Waals surface area contributed by atoms with Crippen LogP contribution in [0.1, 0.15) is 45.7 Å². The molecule has 1 aliphatic rings. The first-order chi connectivity index (χ1) is 17.2. The number of aliphatic carboxylic acids is 1. The van der Waals surface area contributed by atoms with Crippen molar-refractivity contribution in [1.29, 1.82) is 0 Å². The van der Waals surface area contributed by atoms with Crippen LogP contribution in [0.5, 0.6) is 5.75 Å². The molecular weight excluding hydrogens is 497 g/mol. The topological polar surface area (TPSA) is 105 Å². The summed E-state index contributed by atoms with van der Waals surface area (Å²) >= 11 is 1.19. The first kappa shape index (κ1) is 25.5. The Hall–Kier alpha value is -3.60. The molecule has 0 aliphatic heterocycles. The lowest BCUT2D eigenvalue weighted by atomic mass is 9.87. The van der Waals surface area contributed by atoms with Gasteiger partial charge in [-0.1, -0.05) is 0 Å². The molecule has 2 amide bonds. The second-order valence-corrected chi connectivity index (χ2v) is 9.58. The van der Waals surface area contributed by atoms with Gasteiger partial charge in [0.1, 0.15) is 28.8 Å². The van der Waals surface area contributed by atoms with E-state index in [4.69, 9.17) is 9.84 Å². The van der Waals surface area contributed by atoms with Gasteiger partial charge in [-0.15, -0.1) is 11.3 Å². The molecule has 0 radical (unpaired) electrons. The monoisotopic (exact) mass is 520 g/mol. The molecule has 1 fully saturated rings. The maximum absolute atomic E-state index is 14.5. The zero-order valence-corrected chi connectivity index (χ0v) is 19.8. The molecule has 2 aromatic carbocycles.